The van der Waals surface area contributed by atoms with E-state index >= 15 is 0 Å². The van der Waals surface area contributed by atoms with E-state index in [1.807, 2.05) is 6.92 Å². The summed E-state index contributed by atoms with van der Waals surface area (Å²) in [5.74, 6) is 0.445. The highest BCUT2D eigenvalue weighted by molar-refractivity contribution is 8.00. The molecule has 0 saturated carbocycles. The van der Waals surface area contributed by atoms with Gasteiger partial charge in [0.2, 0.25) is 0 Å². The molecule has 0 aromatic carbocycles. The van der Waals surface area contributed by atoms with Crippen molar-refractivity contribution in [1.29, 1.82) is 5.26 Å². The van der Waals surface area contributed by atoms with Gasteiger partial charge in [-0.2, -0.15) is 5.26 Å². The predicted octanol–water partition coefficient (Wildman–Crippen LogP) is 1.37. The summed E-state index contributed by atoms with van der Waals surface area (Å²) in [5.41, 5.74) is 6.35. The van der Waals surface area contributed by atoms with Crippen LogP contribution in [-0.2, 0) is 0 Å². The van der Waals surface area contributed by atoms with Gasteiger partial charge in [0.1, 0.15) is 5.82 Å². The minimum Gasteiger partial charge on any atom is -0.384 e. The molecule has 1 aromatic heterocycles. The zero-order chi connectivity index (χ0) is 9.84. The fraction of sp³-hybridized carbons (Fsp3) is 0.375. The quantitative estimate of drug-likeness (QED) is 0.568. The summed E-state index contributed by atoms with van der Waals surface area (Å²) in [6.07, 6.45) is 0. The van der Waals surface area contributed by atoms with E-state index < -0.39 is 0 Å². The van der Waals surface area contributed by atoms with Crippen molar-refractivity contribution in [2.75, 3.05) is 5.73 Å². The zero-order valence-electron chi connectivity index (χ0n) is 7.48. The van der Waals surface area contributed by atoms with E-state index in [-0.39, 0.29) is 5.25 Å². The lowest BCUT2D eigenvalue weighted by Gasteiger charge is -2.02. The van der Waals surface area contributed by atoms with Crippen molar-refractivity contribution in [3.05, 3.63) is 11.8 Å². The summed E-state index contributed by atoms with van der Waals surface area (Å²) < 4.78 is 0. The van der Waals surface area contributed by atoms with Crippen molar-refractivity contribution in [3.8, 4) is 6.07 Å². The molecule has 5 heteroatoms. The molecule has 1 aromatic rings. The Morgan fingerprint density at radius 1 is 1.62 bits per heavy atom. The number of aromatic nitrogens is 2. The van der Waals surface area contributed by atoms with Gasteiger partial charge in [-0.1, -0.05) is 11.8 Å². The van der Waals surface area contributed by atoms with Crippen LogP contribution in [0.15, 0.2) is 11.2 Å². The molecular formula is C8H10N4S. The molecule has 1 heterocycles. The maximum atomic E-state index is 8.58. The van der Waals surface area contributed by atoms with Crippen molar-refractivity contribution in [2.45, 2.75) is 24.3 Å². The largest absolute Gasteiger partial charge is 0.384 e. The van der Waals surface area contributed by atoms with Gasteiger partial charge in [-0.05, 0) is 13.8 Å². The van der Waals surface area contributed by atoms with Crippen LogP contribution in [0.5, 0.6) is 0 Å². The number of nitrogens with two attached hydrogens (primary N) is 1. The number of aryl methyl sites for hydroxylation is 1. The number of nitriles is 1. The van der Waals surface area contributed by atoms with Crippen LogP contribution in [0.1, 0.15) is 12.6 Å². The Hall–Kier alpha value is -1.28. The van der Waals surface area contributed by atoms with E-state index in [2.05, 4.69) is 16.0 Å². The molecule has 0 fully saturated rings. The number of rotatable bonds is 2. The fourth-order valence-corrected chi connectivity index (χ4v) is 1.53. The first-order chi connectivity index (χ1) is 6.11. The van der Waals surface area contributed by atoms with Gasteiger partial charge >= 0.3 is 0 Å². The van der Waals surface area contributed by atoms with Gasteiger partial charge in [0, 0.05) is 11.8 Å². The standard InChI is InChI=1S/C8H10N4S/c1-5-3-7(10)12-8(11-5)13-6(2)4-9/h3,6H,1-2H3,(H2,10,11,12). The maximum absolute atomic E-state index is 8.58. The Kier molecular flexibility index (Phi) is 3.09. The summed E-state index contributed by atoms with van der Waals surface area (Å²) >= 11 is 1.31. The van der Waals surface area contributed by atoms with Crippen molar-refractivity contribution >= 4 is 17.6 Å². The molecule has 1 rings (SSSR count). The van der Waals surface area contributed by atoms with Crippen LogP contribution in [-0.4, -0.2) is 15.2 Å². The second-order valence-electron chi connectivity index (χ2n) is 2.61. The van der Waals surface area contributed by atoms with Crippen LogP contribution >= 0.6 is 11.8 Å². The van der Waals surface area contributed by atoms with Gasteiger partial charge in [0.15, 0.2) is 5.16 Å². The van der Waals surface area contributed by atoms with E-state index in [0.717, 1.165) is 5.69 Å². The molecule has 0 saturated heterocycles. The molecule has 0 aliphatic carbocycles. The highest BCUT2D eigenvalue weighted by atomic mass is 32.2. The first-order valence-corrected chi connectivity index (χ1v) is 4.67. The van der Waals surface area contributed by atoms with Gasteiger partial charge in [-0.3, -0.25) is 0 Å². The molecule has 2 N–H and O–H groups in total. The highest BCUT2D eigenvalue weighted by Crippen LogP contribution is 2.19. The molecule has 0 bridgehead atoms. The molecule has 0 amide bonds. The molecule has 0 aliphatic rings. The SMILES string of the molecule is Cc1cc(N)nc(SC(C)C#N)n1. The van der Waals surface area contributed by atoms with Crippen LogP contribution in [0.25, 0.3) is 0 Å². The Morgan fingerprint density at radius 2 is 2.31 bits per heavy atom. The first kappa shape index (κ1) is 9.81. The lowest BCUT2D eigenvalue weighted by atomic mass is 10.4. The van der Waals surface area contributed by atoms with Crippen LogP contribution in [0.2, 0.25) is 0 Å². The highest BCUT2D eigenvalue weighted by Gasteiger charge is 2.06. The van der Waals surface area contributed by atoms with Gasteiger partial charge in [0.05, 0.1) is 11.3 Å². The summed E-state index contributed by atoms with van der Waals surface area (Å²) in [6, 6.07) is 3.79. The van der Waals surface area contributed by atoms with Crippen LogP contribution < -0.4 is 5.73 Å². The van der Waals surface area contributed by atoms with Crippen molar-refractivity contribution in [2.24, 2.45) is 0 Å². The lowest BCUT2D eigenvalue weighted by Crippen LogP contribution is -1.99. The first-order valence-electron chi connectivity index (χ1n) is 3.79. The van der Waals surface area contributed by atoms with Gasteiger partial charge in [-0.15, -0.1) is 0 Å². The normalized spacial score (nSPS) is 12.1. The molecule has 4 nitrogen and oxygen atoms in total. The van der Waals surface area contributed by atoms with Gasteiger partial charge in [-0.25, -0.2) is 9.97 Å². The van der Waals surface area contributed by atoms with Gasteiger partial charge in [0.25, 0.3) is 0 Å². The molecule has 0 spiro atoms. The van der Waals surface area contributed by atoms with E-state index in [1.165, 1.54) is 11.8 Å². The third kappa shape index (κ3) is 2.92. The average Bonchev–Trinajstić information content (AvgIpc) is 2.02. The van der Waals surface area contributed by atoms with Gasteiger partial charge < -0.3 is 5.73 Å². The fourth-order valence-electron chi connectivity index (χ4n) is 0.802. The van der Waals surface area contributed by atoms with Crippen molar-refractivity contribution in [3.63, 3.8) is 0 Å². The smallest absolute Gasteiger partial charge is 0.191 e. The minimum atomic E-state index is -0.152. The molecule has 0 radical (unpaired) electrons. The number of nitrogens with zero attached hydrogens (tertiary/aromatic N) is 3. The monoisotopic (exact) mass is 194 g/mol. The Morgan fingerprint density at radius 3 is 2.85 bits per heavy atom. The number of anilines is 1. The summed E-state index contributed by atoms with van der Waals surface area (Å²) in [7, 11) is 0. The number of hydrogen-bond donors (Lipinski definition) is 1. The second-order valence-corrected chi connectivity index (χ2v) is 3.91. The lowest BCUT2D eigenvalue weighted by molar-refractivity contribution is 0.937. The molecular weight excluding hydrogens is 184 g/mol. The maximum Gasteiger partial charge on any atom is 0.191 e. The van der Waals surface area contributed by atoms with Crippen LogP contribution in [0, 0.1) is 18.3 Å². The summed E-state index contributed by atoms with van der Waals surface area (Å²) in [4.78, 5) is 8.14. The van der Waals surface area contributed by atoms with E-state index in [4.69, 9.17) is 11.0 Å². The van der Waals surface area contributed by atoms with E-state index in [9.17, 15) is 0 Å². The molecule has 0 aliphatic heterocycles. The zero-order valence-corrected chi connectivity index (χ0v) is 8.30. The molecule has 13 heavy (non-hydrogen) atoms. The summed E-state index contributed by atoms with van der Waals surface area (Å²) in [5, 5.41) is 8.99. The van der Waals surface area contributed by atoms with Crippen LogP contribution in [0.3, 0.4) is 0 Å². The van der Waals surface area contributed by atoms with Crippen LogP contribution in [0.4, 0.5) is 5.82 Å². The number of nitrogen functional groups attached to an aromatic ring is 1. The summed E-state index contributed by atoms with van der Waals surface area (Å²) in [6.45, 7) is 3.64. The average molecular weight is 194 g/mol. The molecule has 68 valence electrons. The Bertz CT molecular complexity index is 324. The van der Waals surface area contributed by atoms with E-state index in [1.54, 1.807) is 13.0 Å². The second kappa shape index (κ2) is 4.10. The topological polar surface area (TPSA) is 75.6 Å². The number of thioether (sulfide) groups is 1. The third-order valence-electron chi connectivity index (χ3n) is 1.32. The van der Waals surface area contributed by atoms with E-state index in [0.29, 0.717) is 11.0 Å². The molecule has 1 atom stereocenters. The predicted molar refractivity (Wildman–Crippen MR) is 52.1 cm³/mol. The Balaban J connectivity index is 2.84. The minimum absolute atomic E-state index is 0.152. The Labute approximate surface area is 81.2 Å². The third-order valence-corrected chi connectivity index (χ3v) is 2.17. The van der Waals surface area contributed by atoms with Crippen molar-refractivity contribution < 1.29 is 0 Å². The molecule has 1 unspecified atom stereocenters. The van der Waals surface area contributed by atoms with Crippen molar-refractivity contribution in [1.82, 2.24) is 9.97 Å². The number of hydrogen-bond acceptors (Lipinski definition) is 5.